The second-order valence-corrected chi connectivity index (χ2v) is 5.51. The SMILES string of the molecule is Nc1ccccc1C(=O)N1CCC(Oc2ccccc2)CC1. The van der Waals surface area contributed by atoms with Crippen LogP contribution in [0.3, 0.4) is 0 Å². The highest BCUT2D eigenvalue weighted by atomic mass is 16.5. The van der Waals surface area contributed by atoms with Crippen LogP contribution in [-0.2, 0) is 0 Å². The van der Waals surface area contributed by atoms with Gasteiger partial charge in [0.25, 0.3) is 5.91 Å². The smallest absolute Gasteiger partial charge is 0.255 e. The molecule has 0 spiro atoms. The van der Waals surface area contributed by atoms with Gasteiger partial charge in [0.1, 0.15) is 11.9 Å². The number of hydrogen-bond acceptors (Lipinski definition) is 3. The molecular weight excluding hydrogens is 276 g/mol. The Morgan fingerprint density at radius 1 is 1.00 bits per heavy atom. The summed E-state index contributed by atoms with van der Waals surface area (Å²) in [7, 11) is 0. The lowest BCUT2D eigenvalue weighted by atomic mass is 10.1. The molecule has 0 atom stereocenters. The molecule has 0 aromatic heterocycles. The van der Waals surface area contributed by atoms with E-state index >= 15 is 0 Å². The standard InChI is InChI=1S/C18H20N2O2/c19-17-9-5-4-8-16(17)18(21)20-12-10-15(11-13-20)22-14-6-2-1-3-7-14/h1-9,15H,10-13,19H2. The monoisotopic (exact) mass is 296 g/mol. The van der Waals surface area contributed by atoms with Gasteiger partial charge in [0.05, 0.1) is 5.56 Å². The zero-order chi connectivity index (χ0) is 15.4. The molecule has 4 nitrogen and oxygen atoms in total. The minimum atomic E-state index is 0.0104. The van der Waals surface area contributed by atoms with Gasteiger partial charge in [0.15, 0.2) is 0 Å². The van der Waals surface area contributed by atoms with E-state index in [9.17, 15) is 4.79 Å². The Morgan fingerprint density at radius 3 is 2.32 bits per heavy atom. The minimum absolute atomic E-state index is 0.0104. The van der Waals surface area contributed by atoms with E-state index in [0.717, 1.165) is 18.6 Å². The summed E-state index contributed by atoms with van der Waals surface area (Å²) in [6.07, 6.45) is 1.85. The molecule has 0 bridgehead atoms. The number of carbonyl (C=O) groups is 1. The Hall–Kier alpha value is -2.49. The van der Waals surface area contributed by atoms with Crippen LogP contribution in [-0.4, -0.2) is 30.0 Å². The van der Waals surface area contributed by atoms with Crippen LogP contribution in [0.4, 0.5) is 5.69 Å². The number of nitrogen functional groups attached to an aromatic ring is 1. The lowest BCUT2D eigenvalue weighted by Gasteiger charge is -2.32. The zero-order valence-electron chi connectivity index (χ0n) is 12.4. The number of nitrogens with two attached hydrogens (primary N) is 1. The Morgan fingerprint density at radius 2 is 1.64 bits per heavy atom. The second-order valence-electron chi connectivity index (χ2n) is 5.51. The van der Waals surface area contributed by atoms with Crippen molar-refractivity contribution in [3.63, 3.8) is 0 Å². The summed E-state index contributed by atoms with van der Waals surface area (Å²) >= 11 is 0. The molecular formula is C18H20N2O2. The van der Waals surface area contributed by atoms with E-state index in [0.29, 0.717) is 24.3 Å². The molecule has 2 N–H and O–H groups in total. The minimum Gasteiger partial charge on any atom is -0.490 e. The lowest BCUT2D eigenvalue weighted by Crippen LogP contribution is -2.42. The molecule has 1 saturated heterocycles. The van der Waals surface area contributed by atoms with Gasteiger partial charge < -0.3 is 15.4 Å². The average Bonchev–Trinajstić information content (AvgIpc) is 2.56. The van der Waals surface area contributed by atoms with Gasteiger partial charge in [0.2, 0.25) is 0 Å². The molecule has 1 aliphatic rings. The number of nitrogens with zero attached hydrogens (tertiary/aromatic N) is 1. The Balaban J connectivity index is 1.58. The summed E-state index contributed by atoms with van der Waals surface area (Å²) < 4.78 is 5.95. The number of ether oxygens (including phenoxy) is 1. The van der Waals surface area contributed by atoms with Crippen molar-refractivity contribution in [1.29, 1.82) is 0 Å². The molecule has 3 rings (SSSR count). The van der Waals surface area contributed by atoms with Crippen LogP contribution in [0.25, 0.3) is 0 Å². The van der Waals surface area contributed by atoms with Crippen molar-refractivity contribution in [3.05, 3.63) is 60.2 Å². The first kappa shape index (κ1) is 14.4. The second kappa shape index (κ2) is 6.52. The lowest BCUT2D eigenvalue weighted by molar-refractivity contribution is 0.0596. The highest BCUT2D eigenvalue weighted by molar-refractivity contribution is 5.99. The third-order valence-electron chi connectivity index (χ3n) is 3.97. The van der Waals surface area contributed by atoms with Gasteiger partial charge in [-0.1, -0.05) is 30.3 Å². The van der Waals surface area contributed by atoms with Crippen molar-refractivity contribution in [1.82, 2.24) is 4.90 Å². The van der Waals surface area contributed by atoms with E-state index in [4.69, 9.17) is 10.5 Å². The van der Waals surface area contributed by atoms with Crippen LogP contribution >= 0.6 is 0 Å². The molecule has 0 saturated carbocycles. The van der Waals surface area contributed by atoms with Crippen LogP contribution in [0.15, 0.2) is 54.6 Å². The predicted octanol–water partition coefficient (Wildman–Crippen LogP) is 2.95. The maximum absolute atomic E-state index is 12.5. The summed E-state index contributed by atoms with van der Waals surface area (Å²) in [4.78, 5) is 14.3. The van der Waals surface area contributed by atoms with Gasteiger partial charge in [0, 0.05) is 31.6 Å². The van der Waals surface area contributed by atoms with E-state index in [1.54, 1.807) is 12.1 Å². The van der Waals surface area contributed by atoms with E-state index in [2.05, 4.69) is 0 Å². The third-order valence-corrected chi connectivity index (χ3v) is 3.97. The quantitative estimate of drug-likeness (QED) is 0.886. The number of piperidine rings is 1. The van der Waals surface area contributed by atoms with E-state index in [1.807, 2.05) is 47.4 Å². The van der Waals surface area contributed by atoms with Gasteiger partial charge in [-0.25, -0.2) is 0 Å². The van der Waals surface area contributed by atoms with Crippen LogP contribution in [0, 0.1) is 0 Å². The summed E-state index contributed by atoms with van der Waals surface area (Å²) in [6, 6.07) is 17.0. The number of carbonyl (C=O) groups excluding carboxylic acids is 1. The maximum Gasteiger partial charge on any atom is 0.255 e. The zero-order valence-corrected chi connectivity index (χ0v) is 12.4. The van der Waals surface area contributed by atoms with Crippen molar-refractivity contribution in [2.75, 3.05) is 18.8 Å². The first-order valence-corrected chi connectivity index (χ1v) is 7.59. The van der Waals surface area contributed by atoms with Gasteiger partial charge in [-0.15, -0.1) is 0 Å². The van der Waals surface area contributed by atoms with Crippen LogP contribution < -0.4 is 10.5 Å². The fourth-order valence-electron chi connectivity index (χ4n) is 2.73. The van der Waals surface area contributed by atoms with Crippen molar-refractivity contribution >= 4 is 11.6 Å². The fourth-order valence-corrected chi connectivity index (χ4v) is 2.73. The first-order valence-electron chi connectivity index (χ1n) is 7.59. The number of benzene rings is 2. The molecule has 1 aliphatic heterocycles. The van der Waals surface area contributed by atoms with Gasteiger partial charge in [-0.2, -0.15) is 0 Å². The van der Waals surface area contributed by atoms with Gasteiger partial charge in [-0.3, -0.25) is 4.79 Å². The summed E-state index contributed by atoms with van der Waals surface area (Å²) in [5, 5.41) is 0. The highest BCUT2D eigenvalue weighted by Crippen LogP contribution is 2.21. The molecule has 1 fully saturated rings. The largest absolute Gasteiger partial charge is 0.490 e. The average molecular weight is 296 g/mol. The third kappa shape index (κ3) is 3.22. The van der Waals surface area contributed by atoms with Crippen molar-refractivity contribution in [3.8, 4) is 5.75 Å². The van der Waals surface area contributed by atoms with Crippen molar-refractivity contribution in [2.45, 2.75) is 18.9 Å². The maximum atomic E-state index is 12.5. The van der Waals surface area contributed by atoms with Crippen LogP contribution in [0.1, 0.15) is 23.2 Å². The molecule has 0 unspecified atom stereocenters. The topological polar surface area (TPSA) is 55.6 Å². The molecule has 0 radical (unpaired) electrons. The normalized spacial score (nSPS) is 15.5. The van der Waals surface area contributed by atoms with E-state index in [-0.39, 0.29) is 12.0 Å². The van der Waals surface area contributed by atoms with Crippen molar-refractivity contribution < 1.29 is 9.53 Å². The molecule has 0 aliphatic carbocycles. The van der Waals surface area contributed by atoms with E-state index < -0.39 is 0 Å². The molecule has 1 heterocycles. The molecule has 114 valence electrons. The number of anilines is 1. The number of amides is 1. The number of rotatable bonds is 3. The van der Waals surface area contributed by atoms with Crippen molar-refractivity contribution in [2.24, 2.45) is 0 Å². The molecule has 4 heteroatoms. The Bertz CT molecular complexity index is 635. The van der Waals surface area contributed by atoms with Crippen LogP contribution in [0.2, 0.25) is 0 Å². The number of likely N-dealkylation sites (tertiary alicyclic amines) is 1. The number of hydrogen-bond donors (Lipinski definition) is 1. The van der Waals surface area contributed by atoms with Crippen LogP contribution in [0.5, 0.6) is 5.75 Å². The molecule has 2 aromatic carbocycles. The summed E-state index contributed by atoms with van der Waals surface area (Å²) in [5.74, 6) is 0.899. The summed E-state index contributed by atoms with van der Waals surface area (Å²) in [5.41, 5.74) is 7.01. The van der Waals surface area contributed by atoms with Gasteiger partial charge >= 0.3 is 0 Å². The molecule has 2 aromatic rings. The Labute approximate surface area is 130 Å². The van der Waals surface area contributed by atoms with Gasteiger partial charge in [-0.05, 0) is 24.3 Å². The molecule has 1 amide bonds. The first-order chi connectivity index (χ1) is 10.7. The Kier molecular flexibility index (Phi) is 4.28. The fraction of sp³-hybridized carbons (Fsp3) is 0.278. The molecule has 22 heavy (non-hydrogen) atoms. The van der Waals surface area contributed by atoms with E-state index in [1.165, 1.54) is 0 Å². The summed E-state index contributed by atoms with van der Waals surface area (Å²) in [6.45, 7) is 1.40. The highest BCUT2D eigenvalue weighted by Gasteiger charge is 2.25. The number of para-hydroxylation sites is 2. The predicted molar refractivity (Wildman–Crippen MR) is 86.8 cm³/mol.